The van der Waals surface area contributed by atoms with Crippen molar-refractivity contribution in [2.24, 2.45) is 4.99 Å². The van der Waals surface area contributed by atoms with E-state index < -0.39 is 32.1 Å². The van der Waals surface area contributed by atoms with Crippen LogP contribution < -0.4 is 4.74 Å². The number of benzene rings is 3. The summed E-state index contributed by atoms with van der Waals surface area (Å²) in [6.45, 7) is 1.72. The van der Waals surface area contributed by atoms with Gasteiger partial charge >= 0.3 is 5.97 Å². The molecule has 0 N–H and O–H groups in total. The Morgan fingerprint density at radius 1 is 0.848 bits per heavy atom. The fraction of sp³-hybridized carbons (Fsp3) is 0.0476. The Morgan fingerprint density at radius 2 is 1.45 bits per heavy atom. The first-order valence-electron chi connectivity index (χ1n) is 9.20. The number of esters is 1. The van der Waals surface area contributed by atoms with E-state index in [4.69, 9.17) is 4.74 Å². The van der Waals surface area contributed by atoms with Gasteiger partial charge in [0.1, 0.15) is 5.75 Å². The largest absolute Gasteiger partial charge is 0.422 e. The first-order chi connectivity index (χ1) is 15.7. The van der Waals surface area contributed by atoms with Crippen molar-refractivity contribution in [1.82, 2.24) is 0 Å². The number of ether oxygens (including phenoxy) is 1. The molecule has 0 fully saturated rings. The van der Waals surface area contributed by atoms with Crippen molar-refractivity contribution in [3.63, 3.8) is 0 Å². The number of para-hydroxylation sites is 1. The van der Waals surface area contributed by atoms with E-state index in [1.54, 1.807) is 31.2 Å². The molecule has 0 atom stereocenters. The highest BCUT2D eigenvalue weighted by molar-refractivity contribution is 5.94. The molecule has 0 spiro atoms. The monoisotopic (exact) mass is 450 g/mol. The van der Waals surface area contributed by atoms with Gasteiger partial charge in [0.2, 0.25) is 0 Å². The summed E-state index contributed by atoms with van der Waals surface area (Å²) in [5.41, 5.74) is -0.442. The Hall–Kier alpha value is -5.00. The van der Waals surface area contributed by atoms with Gasteiger partial charge in [0.15, 0.2) is 0 Å². The van der Waals surface area contributed by atoms with Gasteiger partial charge in [-0.1, -0.05) is 18.2 Å². The maximum absolute atomic E-state index is 12.6. The SMILES string of the molecule is Cc1ccc([N+](=O)[O-])cc1N=Cc1ccccc1OC(=O)c1cc([N+](=O)[O-])cc([N+](=O)[O-])c1. The van der Waals surface area contributed by atoms with Crippen molar-refractivity contribution in [3.8, 4) is 5.75 Å². The van der Waals surface area contributed by atoms with Crippen molar-refractivity contribution in [2.45, 2.75) is 6.92 Å². The Bertz CT molecular complexity index is 1290. The smallest absolute Gasteiger partial charge is 0.344 e. The standard InChI is InChI=1S/C21H14N4O8/c1-13-6-7-16(23(27)28)11-19(13)22-12-14-4-2-3-5-20(14)33-21(26)15-8-17(24(29)30)10-18(9-15)25(31)32/h2-12H,1H3. The number of hydrogen-bond acceptors (Lipinski definition) is 9. The second-order valence-electron chi connectivity index (χ2n) is 6.67. The van der Waals surface area contributed by atoms with E-state index in [-0.39, 0.29) is 17.0 Å². The second-order valence-corrected chi connectivity index (χ2v) is 6.67. The number of nitrogens with zero attached hydrogens (tertiary/aromatic N) is 4. The second kappa shape index (κ2) is 9.43. The average molecular weight is 450 g/mol. The normalized spacial score (nSPS) is 10.7. The molecule has 12 heteroatoms. The van der Waals surface area contributed by atoms with Crippen molar-refractivity contribution < 1.29 is 24.3 Å². The zero-order chi connectivity index (χ0) is 24.1. The Labute approximate surface area is 185 Å². The van der Waals surface area contributed by atoms with Gasteiger partial charge in [-0.3, -0.25) is 35.3 Å². The van der Waals surface area contributed by atoms with Crippen LogP contribution in [0.1, 0.15) is 21.5 Å². The van der Waals surface area contributed by atoms with E-state index in [1.165, 1.54) is 24.4 Å². The summed E-state index contributed by atoms with van der Waals surface area (Å²) in [5.74, 6) is -1.02. The van der Waals surface area contributed by atoms with Crippen LogP contribution in [0.4, 0.5) is 22.7 Å². The molecule has 12 nitrogen and oxygen atoms in total. The van der Waals surface area contributed by atoms with Crippen molar-refractivity contribution in [1.29, 1.82) is 0 Å². The molecule has 0 saturated heterocycles. The molecule has 0 saturated carbocycles. The van der Waals surface area contributed by atoms with Crippen LogP contribution >= 0.6 is 0 Å². The topological polar surface area (TPSA) is 168 Å². The minimum atomic E-state index is -1.05. The highest BCUT2D eigenvalue weighted by Gasteiger charge is 2.21. The van der Waals surface area contributed by atoms with Gasteiger partial charge in [-0.2, -0.15) is 0 Å². The Balaban J connectivity index is 1.92. The Kier molecular flexibility index (Phi) is 6.48. The predicted octanol–water partition coefficient (Wildman–Crippen LogP) is 4.69. The van der Waals surface area contributed by atoms with E-state index in [0.29, 0.717) is 16.8 Å². The van der Waals surface area contributed by atoms with Crippen LogP contribution in [0.3, 0.4) is 0 Å². The number of carbonyl (C=O) groups is 1. The molecular weight excluding hydrogens is 436 g/mol. The van der Waals surface area contributed by atoms with Crippen LogP contribution in [0.5, 0.6) is 5.75 Å². The zero-order valence-corrected chi connectivity index (χ0v) is 16.9. The van der Waals surface area contributed by atoms with Crippen LogP contribution in [0.2, 0.25) is 0 Å². The number of rotatable bonds is 7. The van der Waals surface area contributed by atoms with Gasteiger partial charge in [-0.15, -0.1) is 0 Å². The number of aryl methyl sites for hydroxylation is 1. The third-order valence-electron chi connectivity index (χ3n) is 4.43. The van der Waals surface area contributed by atoms with Gasteiger partial charge < -0.3 is 4.74 Å². The first-order valence-corrected chi connectivity index (χ1v) is 9.20. The minimum absolute atomic E-state index is 0.0310. The lowest BCUT2D eigenvalue weighted by Gasteiger charge is -2.07. The molecule has 0 unspecified atom stereocenters. The van der Waals surface area contributed by atoms with E-state index in [1.807, 2.05) is 0 Å². The number of aliphatic imine (C=N–C) groups is 1. The maximum Gasteiger partial charge on any atom is 0.344 e. The predicted molar refractivity (Wildman–Crippen MR) is 116 cm³/mol. The van der Waals surface area contributed by atoms with E-state index >= 15 is 0 Å². The minimum Gasteiger partial charge on any atom is -0.422 e. The lowest BCUT2D eigenvalue weighted by molar-refractivity contribution is -0.394. The lowest BCUT2D eigenvalue weighted by Crippen LogP contribution is -2.11. The molecule has 0 aliphatic carbocycles. The molecule has 3 aromatic rings. The molecule has 0 heterocycles. The van der Waals surface area contributed by atoms with Gasteiger partial charge in [-0.25, -0.2) is 4.79 Å². The maximum atomic E-state index is 12.6. The number of non-ortho nitro benzene ring substituents is 3. The zero-order valence-electron chi connectivity index (χ0n) is 16.9. The summed E-state index contributed by atoms with van der Waals surface area (Å²) < 4.78 is 5.30. The number of nitro benzene ring substituents is 3. The summed E-state index contributed by atoms with van der Waals surface area (Å²) in [4.78, 5) is 47.6. The lowest BCUT2D eigenvalue weighted by atomic mass is 10.1. The van der Waals surface area contributed by atoms with E-state index in [2.05, 4.69) is 4.99 Å². The van der Waals surface area contributed by atoms with Gasteiger partial charge in [0.25, 0.3) is 17.1 Å². The van der Waals surface area contributed by atoms with Crippen LogP contribution in [0.25, 0.3) is 0 Å². The van der Waals surface area contributed by atoms with E-state index in [0.717, 1.165) is 18.2 Å². The summed E-state index contributed by atoms with van der Waals surface area (Å²) in [6, 6.07) is 12.9. The summed E-state index contributed by atoms with van der Waals surface area (Å²) in [5, 5.41) is 33.1. The van der Waals surface area contributed by atoms with Crippen molar-refractivity contribution in [3.05, 3.63) is 108 Å². The highest BCUT2D eigenvalue weighted by Crippen LogP contribution is 2.27. The fourth-order valence-electron chi connectivity index (χ4n) is 2.75. The number of nitro groups is 3. The molecule has 0 radical (unpaired) electrons. The first kappa shape index (κ1) is 22.7. The molecule has 3 rings (SSSR count). The molecule has 0 aliphatic heterocycles. The van der Waals surface area contributed by atoms with Gasteiger partial charge in [0.05, 0.1) is 32.1 Å². The highest BCUT2D eigenvalue weighted by atomic mass is 16.6. The van der Waals surface area contributed by atoms with Crippen LogP contribution in [-0.2, 0) is 0 Å². The number of carbonyl (C=O) groups excluding carboxylic acids is 1. The molecular formula is C21H14N4O8. The summed E-state index contributed by atoms with van der Waals surface area (Å²) >= 11 is 0. The van der Waals surface area contributed by atoms with Crippen LogP contribution in [0, 0.1) is 37.3 Å². The third-order valence-corrected chi connectivity index (χ3v) is 4.43. The average Bonchev–Trinajstić information content (AvgIpc) is 2.78. The quantitative estimate of drug-likeness (QED) is 0.164. The molecule has 0 bridgehead atoms. The molecule has 3 aromatic carbocycles. The van der Waals surface area contributed by atoms with Crippen LogP contribution in [0.15, 0.2) is 65.7 Å². The summed E-state index contributed by atoms with van der Waals surface area (Å²) in [6.07, 6.45) is 1.34. The van der Waals surface area contributed by atoms with Gasteiger partial charge in [0, 0.05) is 36.0 Å². The molecule has 33 heavy (non-hydrogen) atoms. The van der Waals surface area contributed by atoms with Crippen LogP contribution in [-0.4, -0.2) is 27.0 Å². The summed E-state index contributed by atoms with van der Waals surface area (Å²) in [7, 11) is 0. The third kappa shape index (κ3) is 5.38. The fourth-order valence-corrected chi connectivity index (χ4v) is 2.75. The molecule has 0 aromatic heterocycles. The molecule has 0 amide bonds. The van der Waals surface area contributed by atoms with Crippen molar-refractivity contribution >= 4 is 34.9 Å². The van der Waals surface area contributed by atoms with Gasteiger partial charge in [-0.05, 0) is 24.6 Å². The Morgan fingerprint density at radius 3 is 2.06 bits per heavy atom. The number of hydrogen-bond donors (Lipinski definition) is 0. The van der Waals surface area contributed by atoms with E-state index in [9.17, 15) is 35.1 Å². The van der Waals surface area contributed by atoms with Crippen molar-refractivity contribution in [2.75, 3.05) is 0 Å². The molecule has 0 aliphatic rings. The molecule has 166 valence electrons.